The van der Waals surface area contributed by atoms with Crippen molar-refractivity contribution in [3.05, 3.63) is 34.3 Å². The highest BCUT2D eigenvalue weighted by molar-refractivity contribution is 9.10. The molecular weight excluding hydrogens is 270 g/mol. The first-order chi connectivity index (χ1) is 7.70. The smallest absolute Gasteiger partial charge is 0.327 e. The van der Waals surface area contributed by atoms with E-state index < -0.39 is 6.04 Å². The molecule has 1 rings (SSSR count). The van der Waals surface area contributed by atoms with Gasteiger partial charge in [-0.2, -0.15) is 0 Å². The van der Waals surface area contributed by atoms with Crippen molar-refractivity contribution in [1.29, 1.82) is 0 Å². The topological polar surface area (TPSA) is 38.3 Å². The molecule has 0 aliphatic rings. The van der Waals surface area contributed by atoms with Crippen molar-refractivity contribution < 1.29 is 9.53 Å². The molecule has 1 aromatic carbocycles. The van der Waals surface area contributed by atoms with E-state index in [1.807, 2.05) is 24.3 Å². The molecule has 1 N–H and O–H groups in total. The SMILES string of the molecule is CCCNC(C(=O)OC)c1ccccc1Br. The summed E-state index contributed by atoms with van der Waals surface area (Å²) >= 11 is 3.44. The van der Waals surface area contributed by atoms with Crippen LogP contribution in [0, 0.1) is 0 Å². The number of hydrogen-bond acceptors (Lipinski definition) is 3. The highest BCUT2D eigenvalue weighted by Gasteiger charge is 2.22. The summed E-state index contributed by atoms with van der Waals surface area (Å²) in [4.78, 5) is 11.7. The van der Waals surface area contributed by atoms with Crippen LogP contribution >= 0.6 is 15.9 Å². The number of halogens is 1. The Morgan fingerprint density at radius 3 is 2.75 bits per heavy atom. The molecule has 0 saturated heterocycles. The van der Waals surface area contributed by atoms with E-state index in [2.05, 4.69) is 28.2 Å². The van der Waals surface area contributed by atoms with E-state index in [1.54, 1.807) is 0 Å². The lowest BCUT2D eigenvalue weighted by Crippen LogP contribution is -2.30. The average molecular weight is 286 g/mol. The summed E-state index contributed by atoms with van der Waals surface area (Å²) in [5.74, 6) is -0.264. The first-order valence-corrected chi connectivity index (χ1v) is 6.05. The van der Waals surface area contributed by atoms with Crippen LogP contribution in [0.2, 0.25) is 0 Å². The second-order valence-electron chi connectivity index (χ2n) is 3.43. The third-order valence-electron chi connectivity index (χ3n) is 2.25. The van der Waals surface area contributed by atoms with Crippen molar-refractivity contribution >= 4 is 21.9 Å². The van der Waals surface area contributed by atoms with Gasteiger partial charge in [0.15, 0.2) is 0 Å². The van der Waals surface area contributed by atoms with E-state index in [0.29, 0.717) is 0 Å². The largest absolute Gasteiger partial charge is 0.468 e. The predicted molar refractivity (Wildman–Crippen MR) is 67.2 cm³/mol. The first-order valence-electron chi connectivity index (χ1n) is 5.26. The molecule has 0 spiro atoms. The van der Waals surface area contributed by atoms with Gasteiger partial charge in [0.05, 0.1) is 7.11 Å². The zero-order chi connectivity index (χ0) is 12.0. The number of carbonyl (C=O) groups is 1. The van der Waals surface area contributed by atoms with Gasteiger partial charge in [-0.1, -0.05) is 41.1 Å². The number of benzene rings is 1. The first kappa shape index (κ1) is 13.2. The molecule has 0 fully saturated rings. The van der Waals surface area contributed by atoms with Gasteiger partial charge in [0.25, 0.3) is 0 Å². The number of carbonyl (C=O) groups excluding carboxylic acids is 1. The van der Waals surface area contributed by atoms with Gasteiger partial charge in [-0.15, -0.1) is 0 Å². The summed E-state index contributed by atoms with van der Waals surface area (Å²) in [6, 6.07) is 7.25. The Kier molecular flexibility index (Phi) is 5.49. The summed E-state index contributed by atoms with van der Waals surface area (Å²) in [5, 5.41) is 3.17. The van der Waals surface area contributed by atoms with Crippen LogP contribution in [0.15, 0.2) is 28.7 Å². The van der Waals surface area contributed by atoms with Gasteiger partial charge in [-0.3, -0.25) is 0 Å². The molecule has 88 valence electrons. The van der Waals surface area contributed by atoms with Gasteiger partial charge in [0.2, 0.25) is 0 Å². The lowest BCUT2D eigenvalue weighted by Gasteiger charge is -2.17. The van der Waals surface area contributed by atoms with E-state index in [0.717, 1.165) is 23.0 Å². The molecule has 0 saturated carbocycles. The molecule has 0 bridgehead atoms. The van der Waals surface area contributed by atoms with Crippen LogP contribution in [0.4, 0.5) is 0 Å². The second-order valence-corrected chi connectivity index (χ2v) is 4.29. The summed E-state index contributed by atoms with van der Waals surface area (Å²) in [7, 11) is 1.40. The molecule has 1 aromatic rings. The highest BCUT2D eigenvalue weighted by atomic mass is 79.9. The Bertz CT molecular complexity index is 355. The lowest BCUT2D eigenvalue weighted by atomic mass is 10.1. The zero-order valence-corrected chi connectivity index (χ0v) is 11.1. The molecule has 0 heterocycles. The fraction of sp³-hybridized carbons (Fsp3) is 0.417. The van der Waals surface area contributed by atoms with Crippen LogP contribution in [0.25, 0.3) is 0 Å². The van der Waals surface area contributed by atoms with E-state index in [4.69, 9.17) is 4.74 Å². The number of methoxy groups -OCH3 is 1. The Labute approximate surface area is 104 Å². The molecule has 0 aromatic heterocycles. The van der Waals surface area contributed by atoms with Gasteiger partial charge < -0.3 is 10.1 Å². The number of ether oxygens (including phenoxy) is 1. The van der Waals surface area contributed by atoms with E-state index in [-0.39, 0.29) is 5.97 Å². The lowest BCUT2D eigenvalue weighted by molar-refractivity contribution is -0.143. The molecule has 1 atom stereocenters. The number of nitrogens with one attached hydrogen (secondary N) is 1. The molecular formula is C12H16BrNO2. The van der Waals surface area contributed by atoms with Gasteiger partial charge in [-0.05, 0) is 24.6 Å². The third kappa shape index (κ3) is 3.32. The summed E-state index contributed by atoms with van der Waals surface area (Å²) < 4.78 is 5.71. The molecule has 16 heavy (non-hydrogen) atoms. The van der Waals surface area contributed by atoms with Crippen molar-refractivity contribution in [1.82, 2.24) is 5.32 Å². The average Bonchev–Trinajstić information content (AvgIpc) is 2.31. The maximum atomic E-state index is 11.7. The Morgan fingerprint density at radius 1 is 1.50 bits per heavy atom. The van der Waals surface area contributed by atoms with Crippen LogP contribution in [0.5, 0.6) is 0 Å². The Balaban J connectivity index is 2.92. The molecule has 0 aliphatic heterocycles. The number of rotatable bonds is 5. The van der Waals surface area contributed by atoms with E-state index in [9.17, 15) is 4.79 Å². The number of esters is 1. The highest BCUT2D eigenvalue weighted by Crippen LogP contribution is 2.23. The zero-order valence-electron chi connectivity index (χ0n) is 9.50. The normalized spacial score (nSPS) is 12.2. The van der Waals surface area contributed by atoms with Crippen LogP contribution in [-0.4, -0.2) is 19.6 Å². The molecule has 0 amide bonds. The molecule has 0 aliphatic carbocycles. The van der Waals surface area contributed by atoms with Crippen molar-refractivity contribution in [2.24, 2.45) is 0 Å². The van der Waals surface area contributed by atoms with E-state index in [1.165, 1.54) is 7.11 Å². The fourth-order valence-electron chi connectivity index (χ4n) is 1.44. The predicted octanol–water partition coefficient (Wildman–Crippen LogP) is 2.66. The van der Waals surface area contributed by atoms with Gasteiger partial charge in [0, 0.05) is 4.47 Å². The third-order valence-corrected chi connectivity index (χ3v) is 2.97. The minimum atomic E-state index is -0.402. The van der Waals surface area contributed by atoms with Crippen LogP contribution in [-0.2, 0) is 9.53 Å². The minimum Gasteiger partial charge on any atom is -0.468 e. The quantitative estimate of drug-likeness (QED) is 0.846. The van der Waals surface area contributed by atoms with Crippen LogP contribution in [0.3, 0.4) is 0 Å². The fourth-order valence-corrected chi connectivity index (χ4v) is 1.95. The van der Waals surface area contributed by atoms with Crippen LogP contribution in [0.1, 0.15) is 24.9 Å². The number of hydrogen-bond donors (Lipinski definition) is 1. The van der Waals surface area contributed by atoms with Gasteiger partial charge in [-0.25, -0.2) is 4.79 Å². The van der Waals surface area contributed by atoms with Crippen molar-refractivity contribution in [3.8, 4) is 0 Å². The summed E-state index contributed by atoms with van der Waals surface area (Å²) in [5.41, 5.74) is 0.905. The maximum absolute atomic E-state index is 11.7. The minimum absolute atomic E-state index is 0.264. The summed E-state index contributed by atoms with van der Waals surface area (Å²) in [6.45, 7) is 2.84. The van der Waals surface area contributed by atoms with Crippen molar-refractivity contribution in [3.63, 3.8) is 0 Å². The van der Waals surface area contributed by atoms with Gasteiger partial charge >= 0.3 is 5.97 Å². The summed E-state index contributed by atoms with van der Waals surface area (Å²) in [6.07, 6.45) is 0.970. The van der Waals surface area contributed by atoms with E-state index >= 15 is 0 Å². The molecule has 3 nitrogen and oxygen atoms in total. The molecule has 0 radical (unpaired) electrons. The molecule has 1 unspecified atom stereocenters. The molecule has 4 heteroatoms. The maximum Gasteiger partial charge on any atom is 0.327 e. The van der Waals surface area contributed by atoms with Crippen LogP contribution < -0.4 is 5.32 Å². The van der Waals surface area contributed by atoms with Crippen molar-refractivity contribution in [2.45, 2.75) is 19.4 Å². The monoisotopic (exact) mass is 285 g/mol. The Morgan fingerprint density at radius 2 is 2.19 bits per heavy atom. The standard InChI is InChI=1S/C12H16BrNO2/c1-3-8-14-11(12(15)16-2)9-6-4-5-7-10(9)13/h4-7,11,14H,3,8H2,1-2H3. The second kappa shape index (κ2) is 6.66. The van der Waals surface area contributed by atoms with Gasteiger partial charge in [0.1, 0.15) is 6.04 Å². The van der Waals surface area contributed by atoms with Crippen molar-refractivity contribution in [2.75, 3.05) is 13.7 Å². The Hall–Kier alpha value is -0.870.